The lowest BCUT2D eigenvalue weighted by Crippen LogP contribution is -2.22. The van der Waals surface area contributed by atoms with Gasteiger partial charge in [-0.25, -0.2) is 4.98 Å². The third kappa shape index (κ3) is 4.17. The van der Waals surface area contributed by atoms with E-state index in [-0.39, 0.29) is 23.6 Å². The van der Waals surface area contributed by atoms with Crippen molar-refractivity contribution in [2.45, 2.75) is 31.6 Å². The van der Waals surface area contributed by atoms with Gasteiger partial charge >= 0.3 is 5.97 Å². The van der Waals surface area contributed by atoms with Crippen molar-refractivity contribution in [2.24, 2.45) is 5.92 Å². The van der Waals surface area contributed by atoms with E-state index in [0.717, 1.165) is 31.2 Å². The molecule has 0 saturated heterocycles. The minimum Gasteiger partial charge on any atom is -0.469 e. The van der Waals surface area contributed by atoms with Crippen LogP contribution in [0.3, 0.4) is 0 Å². The molecule has 154 valence electrons. The summed E-state index contributed by atoms with van der Waals surface area (Å²) in [5.74, 6) is 1.30. The van der Waals surface area contributed by atoms with Crippen LogP contribution in [0.4, 0.5) is 0 Å². The van der Waals surface area contributed by atoms with Crippen LogP contribution in [-0.2, 0) is 9.53 Å². The number of carbonyl (C=O) groups excluding carboxylic acids is 2. The van der Waals surface area contributed by atoms with Crippen molar-refractivity contribution in [2.75, 3.05) is 7.11 Å². The van der Waals surface area contributed by atoms with Gasteiger partial charge in [-0.1, -0.05) is 48.0 Å². The van der Waals surface area contributed by atoms with Gasteiger partial charge in [-0.15, -0.1) is 0 Å². The Kier molecular flexibility index (Phi) is 6.00. The van der Waals surface area contributed by atoms with Crippen molar-refractivity contribution in [3.8, 4) is 11.3 Å². The van der Waals surface area contributed by atoms with Crippen LogP contribution in [-0.4, -0.2) is 23.8 Å². The van der Waals surface area contributed by atoms with Gasteiger partial charge in [0.25, 0.3) is 0 Å². The number of ether oxygens (including phenoxy) is 1. The third-order valence-corrected chi connectivity index (χ3v) is 6.01. The molecule has 1 aliphatic carbocycles. The molecule has 5 nitrogen and oxygen atoms in total. The maximum atomic E-state index is 12.7. The van der Waals surface area contributed by atoms with E-state index in [9.17, 15) is 9.59 Å². The van der Waals surface area contributed by atoms with Crippen LogP contribution >= 0.6 is 11.6 Å². The molecule has 0 unspecified atom stereocenters. The number of aromatic nitrogens is 1. The number of benzene rings is 2. The van der Waals surface area contributed by atoms with E-state index in [2.05, 4.69) is 4.98 Å². The Labute approximate surface area is 180 Å². The van der Waals surface area contributed by atoms with Gasteiger partial charge in [-0.05, 0) is 37.8 Å². The zero-order valence-corrected chi connectivity index (χ0v) is 17.4. The summed E-state index contributed by atoms with van der Waals surface area (Å²) in [7, 11) is 1.43. The van der Waals surface area contributed by atoms with Crippen molar-refractivity contribution in [3.63, 3.8) is 0 Å². The van der Waals surface area contributed by atoms with Crippen LogP contribution < -0.4 is 0 Å². The number of methoxy groups -OCH3 is 1. The van der Waals surface area contributed by atoms with E-state index in [4.69, 9.17) is 20.8 Å². The first kappa shape index (κ1) is 20.4. The zero-order chi connectivity index (χ0) is 21.1. The zero-order valence-electron chi connectivity index (χ0n) is 16.6. The smallest absolute Gasteiger partial charge is 0.308 e. The molecule has 1 aromatic heterocycles. The summed E-state index contributed by atoms with van der Waals surface area (Å²) >= 11 is 6.14. The van der Waals surface area contributed by atoms with Gasteiger partial charge in [0, 0.05) is 22.6 Å². The van der Waals surface area contributed by atoms with Crippen LogP contribution in [0, 0.1) is 5.92 Å². The van der Waals surface area contributed by atoms with Gasteiger partial charge in [0.1, 0.15) is 0 Å². The molecule has 6 heteroatoms. The van der Waals surface area contributed by atoms with Crippen molar-refractivity contribution in [1.29, 1.82) is 0 Å². The first-order valence-electron chi connectivity index (χ1n) is 10.00. The highest BCUT2D eigenvalue weighted by molar-refractivity contribution is 6.35. The summed E-state index contributed by atoms with van der Waals surface area (Å²) in [4.78, 5) is 28.8. The first-order valence-corrected chi connectivity index (χ1v) is 10.4. The lowest BCUT2D eigenvalue weighted by molar-refractivity contribution is -0.146. The molecule has 0 amide bonds. The van der Waals surface area contributed by atoms with Crippen LogP contribution in [0.25, 0.3) is 11.3 Å². The summed E-state index contributed by atoms with van der Waals surface area (Å²) in [6.45, 7) is 0. The number of hydrogen-bond acceptors (Lipinski definition) is 5. The Morgan fingerprint density at radius 1 is 1.03 bits per heavy atom. The number of halogens is 1. The SMILES string of the molecule is COC(=O)C1CCC(c2ncc(-c3ccc(C(=O)c4ccccc4Cl)cc3)o2)CC1. The van der Waals surface area contributed by atoms with E-state index in [0.29, 0.717) is 27.8 Å². The summed E-state index contributed by atoms with van der Waals surface area (Å²) in [5.41, 5.74) is 1.90. The lowest BCUT2D eigenvalue weighted by Gasteiger charge is -2.24. The second-order valence-corrected chi connectivity index (χ2v) is 7.93. The molecule has 2 aromatic carbocycles. The van der Waals surface area contributed by atoms with Crippen LogP contribution in [0.15, 0.2) is 59.1 Å². The molecule has 0 spiro atoms. The van der Waals surface area contributed by atoms with Gasteiger partial charge in [0.05, 0.1) is 24.2 Å². The van der Waals surface area contributed by atoms with Crippen LogP contribution in [0.1, 0.15) is 53.4 Å². The van der Waals surface area contributed by atoms with Crippen LogP contribution in [0.2, 0.25) is 5.02 Å². The van der Waals surface area contributed by atoms with E-state index < -0.39 is 0 Å². The summed E-state index contributed by atoms with van der Waals surface area (Å²) < 4.78 is 10.8. The Balaban J connectivity index is 1.45. The van der Waals surface area contributed by atoms with Crippen molar-refractivity contribution in [1.82, 2.24) is 4.98 Å². The van der Waals surface area contributed by atoms with Gasteiger partial charge < -0.3 is 9.15 Å². The Morgan fingerprint density at radius 3 is 2.40 bits per heavy atom. The Hall–Kier alpha value is -2.92. The average molecular weight is 424 g/mol. The minimum absolute atomic E-state index is 0.0242. The van der Waals surface area contributed by atoms with E-state index >= 15 is 0 Å². The summed E-state index contributed by atoms with van der Waals surface area (Å²) in [6, 6.07) is 14.3. The van der Waals surface area contributed by atoms with Crippen molar-refractivity contribution >= 4 is 23.4 Å². The maximum Gasteiger partial charge on any atom is 0.308 e. The lowest BCUT2D eigenvalue weighted by atomic mass is 9.82. The largest absolute Gasteiger partial charge is 0.469 e. The second kappa shape index (κ2) is 8.84. The first-order chi connectivity index (χ1) is 14.6. The highest BCUT2D eigenvalue weighted by Crippen LogP contribution is 2.37. The monoisotopic (exact) mass is 423 g/mol. The molecule has 30 heavy (non-hydrogen) atoms. The van der Waals surface area contributed by atoms with Crippen molar-refractivity contribution < 1.29 is 18.7 Å². The maximum absolute atomic E-state index is 12.7. The van der Waals surface area contributed by atoms with Crippen molar-refractivity contribution in [3.05, 3.63) is 76.8 Å². The topological polar surface area (TPSA) is 69.4 Å². The highest BCUT2D eigenvalue weighted by Gasteiger charge is 2.30. The second-order valence-electron chi connectivity index (χ2n) is 7.52. The molecular weight excluding hydrogens is 402 g/mol. The molecule has 0 N–H and O–H groups in total. The fraction of sp³-hybridized carbons (Fsp3) is 0.292. The predicted octanol–water partition coefficient (Wildman–Crippen LogP) is 5.67. The van der Waals surface area contributed by atoms with Gasteiger partial charge in [-0.2, -0.15) is 0 Å². The minimum atomic E-state index is -0.132. The summed E-state index contributed by atoms with van der Waals surface area (Å²) in [6.07, 6.45) is 4.99. The van der Waals surface area contributed by atoms with Crippen LogP contribution in [0.5, 0.6) is 0 Å². The predicted molar refractivity (Wildman–Crippen MR) is 114 cm³/mol. The molecule has 1 saturated carbocycles. The molecule has 0 radical (unpaired) electrons. The molecule has 1 aliphatic rings. The molecule has 0 aliphatic heterocycles. The molecule has 4 rings (SSSR count). The number of hydrogen-bond donors (Lipinski definition) is 0. The number of nitrogens with zero attached hydrogens (tertiary/aromatic N) is 1. The Bertz CT molecular complexity index is 1050. The number of oxazole rings is 1. The molecule has 0 atom stereocenters. The van der Waals surface area contributed by atoms with Gasteiger partial charge in [0.2, 0.25) is 0 Å². The molecule has 1 fully saturated rings. The number of carbonyl (C=O) groups is 2. The molecule has 0 bridgehead atoms. The van der Waals surface area contributed by atoms with Gasteiger partial charge in [-0.3, -0.25) is 9.59 Å². The molecule has 3 aromatic rings. The fourth-order valence-electron chi connectivity index (χ4n) is 3.94. The number of rotatable bonds is 5. The van der Waals surface area contributed by atoms with E-state index in [1.807, 2.05) is 12.1 Å². The fourth-order valence-corrected chi connectivity index (χ4v) is 4.16. The standard InChI is InChI=1S/C24H22ClNO4/c1-29-24(28)18-12-10-17(11-13-18)23-26-14-21(30-23)15-6-8-16(9-7-15)22(27)19-4-2-3-5-20(19)25/h2-9,14,17-18H,10-13H2,1H3. The van der Waals surface area contributed by atoms with E-state index in [1.54, 1.807) is 42.6 Å². The number of ketones is 1. The highest BCUT2D eigenvalue weighted by atomic mass is 35.5. The quantitative estimate of drug-likeness (QED) is 0.390. The van der Waals surface area contributed by atoms with Gasteiger partial charge in [0.15, 0.2) is 17.4 Å². The van der Waals surface area contributed by atoms with E-state index in [1.165, 1.54) is 7.11 Å². The molecular formula is C24H22ClNO4. The summed E-state index contributed by atoms with van der Waals surface area (Å²) in [5, 5.41) is 0.438. The number of esters is 1. The Morgan fingerprint density at radius 2 is 1.73 bits per heavy atom. The average Bonchev–Trinajstić information content (AvgIpc) is 3.29. The third-order valence-electron chi connectivity index (χ3n) is 5.68. The normalized spacial score (nSPS) is 18.7. The molecule has 1 heterocycles.